The van der Waals surface area contributed by atoms with Gasteiger partial charge in [-0.1, -0.05) is 19.8 Å². The van der Waals surface area contributed by atoms with Gasteiger partial charge in [-0.15, -0.1) is 0 Å². The van der Waals surface area contributed by atoms with E-state index in [0.717, 1.165) is 30.3 Å². The van der Waals surface area contributed by atoms with Gasteiger partial charge < -0.3 is 15.5 Å². The minimum Gasteiger partial charge on any atom is -0.330 e. The minimum atomic E-state index is 0.729. The highest BCUT2D eigenvalue weighted by Crippen LogP contribution is 2.33. The van der Waals surface area contributed by atoms with E-state index in [1.54, 1.807) is 0 Å². The second kappa shape index (κ2) is 7.05. The molecular weight excluding hydrogens is 234 g/mol. The zero-order valence-electron chi connectivity index (χ0n) is 13.1. The number of hydrogen-bond acceptors (Lipinski definition) is 3. The highest BCUT2D eigenvalue weighted by Gasteiger charge is 2.33. The van der Waals surface area contributed by atoms with Gasteiger partial charge in [-0.05, 0) is 64.2 Å². The van der Waals surface area contributed by atoms with Crippen molar-refractivity contribution in [3.05, 3.63) is 0 Å². The Bertz CT molecular complexity index is 269. The Morgan fingerprint density at radius 3 is 2.58 bits per heavy atom. The largest absolute Gasteiger partial charge is 0.330 e. The molecule has 0 bridgehead atoms. The van der Waals surface area contributed by atoms with Gasteiger partial charge >= 0.3 is 0 Å². The Hall–Kier alpha value is -0.120. The molecule has 0 amide bonds. The summed E-state index contributed by atoms with van der Waals surface area (Å²) < 4.78 is 0. The third kappa shape index (κ3) is 3.93. The van der Waals surface area contributed by atoms with E-state index in [1.165, 1.54) is 51.7 Å². The van der Waals surface area contributed by atoms with Gasteiger partial charge in [-0.25, -0.2) is 0 Å². The van der Waals surface area contributed by atoms with Crippen molar-refractivity contribution in [2.45, 2.75) is 45.1 Å². The molecule has 3 heteroatoms. The zero-order valence-corrected chi connectivity index (χ0v) is 13.1. The molecule has 2 rings (SSSR count). The summed E-state index contributed by atoms with van der Waals surface area (Å²) in [5, 5.41) is 0. The van der Waals surface area contributed by atoms with Crippen LogP contribution in [0.1, 0.15) is 39.0 Å². The molecule has 0 aromatic carbocycles. The first kappa shape index (κ1) is 15.3. The Balaban J connectivity index is 1.88. The predicted octanol–water partition coefficient (Wildman–Crippen LogP) is 2.02. The Morgan fingerprint density at radius 2 is 2.00 bits per heavy atom. The lowest BCUT2D eigenvalue weighted by molar-refractivity contribution is 0.0898. The fraction of sp³-hybridized carbons (Fsp3) is 1.00. The second-order valence-corrected chi connectivity index (χ2v) is 7.01. The lowest BCUT2D eigenvalue weighted by Gasteiger charge is -2.41. The second-order valence-electron chi connectivity index (χ2n) is 7.01. The van der Waals surface area contributed by atoms with Crippen molar-refractivity contribution in [1.29, 1.82) is 0 Å². The van der Waals surface area contributed by atoms with Gasteiger partial charge in [0.2, 0.25) is 0 Å². The van der Waals surface area contributed by atoms with Crippen molar-refractivity contribution < 1.29 is 0 Å². The van der Waals surface area contributed by atoms with Crippen molar-refractivity contribution in [2.75, 3.05) is 40.3 Å². The third-order valence-corrected chi connectivity index (χ3v) is 5.55. The molecule has 2 N–H and O–H groups in total. The third-order valence-electron chi connectivity index (χ3n) is 5.55. The maximum atomic E-state index is 6.01. The van der Waals surface area contributed by atoms with Crippen LogP contribution in [-0.2, 0) is 0 Å². The lowest BCUT2D eigenvalue weighted by Crippen LogP contribution is -2.46. The molecule has 4 atom stereocenters. The number of hydrogen-bond donors (Lipinski definition) is 1. The molecule has 2 fully saturated rings. The van der Waals surface area contributed by atoms with Crippen molar-refractivity contribution in [3.8, 4) is 0 Å². The van der Waals surface area contributed by atoms with Crippen LogP contribution in [0.3, 0.4) is 0 Å². The predicted molar refractivity (Wildman–Crippen MR) is 82.2 cm³/mol. The lowest BCUT2D eigenvalue weighted by atomic mass is 9.76. The summed E-state index contributed by atoms with van der Waals surface area (Å²) in [7, 11) is 4.58. The van der Waals surface area contributed by atoms with E-state index in [0.29, 0.717) is 0 Å². The SMILES string of the molecule is CCC1CCC(CN)C(N(C)CC2CCN(C)C2)C1. The molecular formula is C16H33N3. The van der Waals surface area contributed by atoms with E-state index in [1.807, 2.05) is 0 Å². The molecule has 0 aromatic heterocycles. The molecule has 2 aliphatic rings. The molecule has 1 aliphatic heterocycles. The van der Waals surface area contributed by atoms with Crippen LogP contribution in [-0.4, -0.2) is 56.1 Å². The standard InChI is InChI=1S/C16H33N3/c1-4-13-5-6-15(10-17)16(9-13)19(3)12-14-7-8-18(2)11-14/h13-16H,4-12,17H2,1-3H3. The first-order chi connectivity index (χ1) is 9.13. The maximum absolute atomic E-state index is 6.01. The van der Waals surface area contributed by atoms with Gasteiger partial charge in [0.25, 0.3) is 0 Å². The molecule has 1 heterocycles. The van der Waals surface area contributed by atoms with Crippen molar-refractivity contribution in [1.82, 2.24) is 9.80 Å². The van der Waals surface area contributed by atoms with E-state index >= 15 is 0 Å². The number of likely N-dealkylation sites (tertiary alicyclic amines) is 1. The van der Waals surface area contributed by atoms with Crippen molar-refractivity contribution in [2.24, 2.45) is 23.5 Å². The van der Waals surface area contributed by atoms with Crippen LogP contribution in [0.15, 0.2) is 0 Å². The van der Waals surface area contributed by atoms with Gasteiger partial charge in [0.05, 0.1) is 0 Å². The summed E-state index contributed by atoms with van der Waals surface area (Å²) in [5.41, 5.74) is 6.01. The van der Waals surface area contributed by atoms with Gasteiger partial charge in [-0.2, -0.15) is 0 Å². The molecule has 1 saturated heterocycles. The summed E-state index contributed by atoms with van der Waals surface area (Å²) in [5.74, 6) is 2.53. The number of rotatable bonds is 5. The minimum absolute atomic E-state index is 0.729. The van der Waals surface area contributed by atoms with E-state index in [4.69, 9.17) is 5.73 Å². The zero-order chi connectivity index (χ0) is 13.8. The van der Waals surface area contributed by atoms with Gasteiger partial charge in [0.1, 0.15) is 0 Å². The van der Waals surface area contributed by atoms with Crippen LogP contribution < -0.4 is 5.73 Å². The summed E-state index contributed by atoms with van der Waals surface area (Å²) in [6.45, 7) is 7.04. The number of nitrogens with zero attached hydrogens (tertiary/aromatic N) is 2. The van der Waals surface area contributed by atoms with Gasteiger partial charge in [-0.3, -0.25) is 0 Å². The topological polar surface area (TPSA) is 32.5 Å². The maximum Gasteiger partial charge on any atom is 0.0135 e. The van der Waals surface area contributed by atoms with Gasteiger partial charge in [0.15, 0.2) is 0 Å². The number of nitrogens with two attached hydrogens (primary N) is 1. The summed E-state index contributed by atoms with van der Waals surface area (Å²) in [6, 6.07) is 0.731. The van der Waals surface area contributed by atoms with Crippen LogP contribution in [0.5, 0.6) is 0 Å². The highest BCUT2D eigenvalue weighted by molar-refractivity contribution is 4.87. The molecule has 0 radical (unpaired) electrons. The highest BCUT2D eigenvalue weighted by atomic mass is 15.2. The molecule has 4 unspecified atom stereocenters. The monoisotopic (exact) mass is 267 g/mol. The molecule has 19 heavy (non-hydrogen) atoms. The van der Waals surface area contributed by atoms with Crippen molar-refractivity contribution in [3.63, 3.8) is 0 Å². The van der Waals surface area contributed by atoms with E-state index in [2.05, 4.69) is 30.8 Å². The fourth-order valence-electron chi connectivity index (χ4n) is 4.20. The van der Waals surface area contributed by atoms with Gasteiger partial charge in [0, 0.05) is 19.1 Å². The summed E-state index contributed by atoms with van der Waals surface area (Å²) >= 11 is 0. The Kier molecular flexibility index (Phi) is 5.67. The average molecular weight is 267 g/mol. The van der Waals surface area contributed by atoms with E-state index in [9.17, 15) is 0 Å². The van der Waals surface area contributed by atoms with Crippen LogP contribution >= 0.6 is 0 Å². The first-order valence-corrected chi connectivity index (χ1v) is 8.22. The molecule has 3 nitrogen and oxygen atoms in total. The van der Waals surface area contributed by atoms with Crippen LogP contribution in [0.2, 0.25) is 0 Å². The quantitative estimate of drug-likeness (QED) is 0.827. The molecule has 0 aromatic rings. The molecule has 0 spiro atoms. The van der Waals surface area contributed by atoms with Crippen molar-refractivity contribution >= 4 is 0 Å². The molecule has 112 valence electrons. The molecule has 1 saturated carbocycles. The Morgan fingerprint density at radius 1 is 1.21 bits per heavy atom. The summed E-state index contributed by atoms with van der Waals surface area (Å²) in [4.78, 5) is 5.11. The van der Waals surface area contributed by atoms with Crippen LogP contribution in [0.25, 0.3) is 0 Å². The fourth-order valence-corrected chi connectivity index (χ4v) is 4.20. The van der Waals surface area contributed by atoms with E-state index in [-0.39, 0.29) is 0 Å². The Labute approximate surface area is 119 Å². The van der Waals surface area contributed by atoms with E-state index < -0.39 is 0 Å². The van der Waals surface area contributed by atoms with Crippen LogP contribution in [0.4, 0.5) is 0 Å². The average Bonchev–Trinajstić information content (AvgIpc) is 2.83. The smallest absolute Gasteiger partial charge is 0.0135 e. The molecule has 1 aliphatic carbocycles. The summed E-state index contributed by atoms with van der Waals surface area (Å²) in [6.07, 6.45) is 6.83. The normalized spacial score (nSPS) is 37.1. The van der Waals surface area contributed by atoms with Crippen LogP contribution in [0, 0.1) is 17.8 Å². The first-order valence-electron chi connectivity index (χ1n) is 8.22.